The molecule has 0 atom stereocenters. The van der Waals surface area contributed by atoms with Gasteiger partial charge in [0.05, 0.1) is 12.1 Å². The number of benzene rings is 1. The van der Waals surface area contributed by atoms with E-state index in [2.05, 4.69) is 9.97 Å². The molecule has 1 aromatic heterocycles. The van der Waals surface area contributed by atoms with E-state index in [9.17, 15) is 0 Å². The van der Waals surface area contributed by atoms with E-state index in [4.69, 9.17) is 4.74 Å². The summed E-state index contributed by atoms with van der Waals surface area (Å²) in [4.78, 5) is 8.32. The Kier molecular flexibility index (Phi) is 2.31. The van der Waals surface area contributed by atoms with Crippen LogP contribution in [0.3, 0.4) is 0 Å². The zero-order valence-electron chi connectivity index (χ0n) is 8.32. The van der Waals surface area contributed by atoms with Crippen LogP contribution in [-0.2, 0) is 0 Å². The van der Waals surface area contributed by atoms with Crippen molar-refractivity contribution in [3.8, 4) is 5.75 Å². The van der Waals surface area contributed by atoms with Crippen molar-refractivity contribution in [2.45, 2.75) is 13.8 Å². The van der Waals surface area contributed by atoms with Gasteiger partial charge in [-0.05, 0) is 32.0 Å². The zero-order valence-corrected chi connectivity index (χ0v) is 8.32. The van der Waals surface area contributed by atoms with E-state index in [0.29, 0.717) is 6.61 Å². The van der Waals surface area contributed by atoms with Crippen LogP contribution in [0.5, 0.6) is 5.75 Å². The molecule has 0 aliphatic carbocycles. The molecule has 1 heterocycles. The van der Waals surface area contributed by atoms with E-state index < -0.39 is 0 Å². The normalized spacial score (nSPS) is 10.4. The van der Waals surface area contributed by atoms with E-state index >= 15 is 0 Å². The second-order valence-electron chi connectivity index (χ2n) is 3.07. The number of hydrogen-bond acceptors (Lipinski definition) is 3. The summed E-state index contributed by atoms with van der Waals surface area (Å²) >= 11 is 0. The van der Waals surface area contributed by atoms with Gasteiger partial charge in [-0.15, -0.1) is 0 Å². The maximum Gasteiger partial charge on any atom is 0.120 e. The SMILES string of the molecule is CCOc1ccc2ncnc(C)c2c1. The van der Waals surface area contributed by atoms with Gasteiger partial charge in [0.2, 0.25) is 0 Å². The number of aromatic nitrogens is 2. The number of hydrogen-bond donors (Lipinski definition) is 0. The average Bonchev–Trinajstić information content (AvgIpc) is 2.20. The zero-order chi connectivity index (χ0) is 9.97. The second kappa shape index (κ2) is 3.62. The van der Waals surface area contributed by atoms with Crippen LogP contribution in [0.25, 0.3) is 10.9 Å². The number of nitrogens with zero attached hydrogens (tertiary/aromatic N) is 2. The second-order valence-corrected chi connectivity index (χ2v) is 3.07. The summed E-state index contributed by atoms with van der Waals surface area (Å²) in [5.74, 6) is 0.873. The summed E-state index contributed by atoms with van der Waals surface area (Å²) in [6.07, 6.45) is 1.58. The number of ether oxygens (including phenoxy) is 1. The molecule has 0 radical (unpaired) electrons. The fourth-order valence-electron chi connectivity index (χ4n) is 1.42. The lowest BCUT2D eigenvalue weighted by Crippen LogP contribution is -1.92. The first-order chi connectivity index (χ1) is 6.81. The molecule has 72 valence electrons. The van der Waals surface area contributed by atoms with Crippen molar-refractivity contribution in [1.29, 1.82) is 0 Å². The molecule has 0 spiro atoms. The molecule has 2 aromatic rings. The number of aryl methyl sites for hydroxylation is 1. The highest BCUT2D eigenvalue weighted by molar-refractivity contribution is 5.81. The smallest absolute Gasteiger partial charge is 0.120 e. The van der Waals surface area contributed by atoms with Crippen LogP contribution in [0.15, 0.2) is 24.5 Å². The van der Waals surface area contributed by atoms with Crippen molar-refractivity contribution in [1.82, 2.24) is 9.97 Å². The predicted octanol–water partition coefficient (Wildman–Crippen LogP) is 2.34. The minimum atomic E-state index is 0.679. The van der Waals surface area contributed by atoms with E-state index in [1.54, 1.807) is 6.33 Å². The fourth-order valence-corrected chi connectivity index (χ4v) is 1.42. The molecule has 2 rings (SSSR count). The van der Waals surface area contributed by atoms with Gasteiger partial charge in [-0.2, -0.15) is 0 Å². The minimum absolute atomic E-state index is 0.679. The summed E-state index contributed by atoms with van der Waals surface area (Å²) in [6, 6.07) is 5.86. The third kappa shape index (κ3) is 1.53. The first-order valence-corrected chi connectivity index (χ1v) is 4.65. The monoisotopic (exact) mass is 188 g/mol. The Morgan fingerprint density at radius 2 is 2.14 bits per heavy atom. The lowest BCUT2D eigenvalue weighted by atomic mass is 10.2. The molecule has 0 bridgehead atoms. The van der Waals surface area contributed by atoms with Gasteiger partial charge in [0.1, 0.15) is 12.1 Å². The third-order valence-electron chi connectivity index (χ3n) is 2.12. The quantitative estimate of drug-likeness (QED) is 0.725. The Bertz CT molecular complexity index is 454. The molecule has 0 amide bonds. The Balaban J connectivity index is 2.58. The standard InChI is InChI=1S/C11H12N2O/c1-3-14-9-4-5-11-10(6-9)8(2)12-7-13-11/h4-7H,3H2,1-2H3. The Labute approximate surface area is 82.8 Å². The van der Waals surface area contributed by atoms with Crippen molar-refractivity contribution in [2.75, 3.05) is 6.61 Å². The van der Waals surface area contributed by atoms with Gasteiger partial charge < -0.3 is 4.74 Å². The summed E-state index contributed by atoms with van der Waals surface area (Å²) in [7, 11) is 0. The van der Waals surface area contributed by atoms with E-state index in [-0.39, 0.29) is 0 Å². The summed E-state index contributed by atoms with van der Waals surface area (Å²) in [5.41, 5.74) is 1.94. The van der Waals surface area contributed by atoms with Gasteiger partial charge in [0, 0.05) is 11.1 Å². The molecule has 0 saturated carbocycles. The number of rotatable bonds is 2. The van der Waals surface area contributed by atoms with Gasteiger partial charge in [0.15, 0.2) is 0 Å². The maximum absolute atomic E-state index is 5.41. The van der Waals surface area contributed by atoms with Crippen molar-refractivity contribution < 1.29 is 4.74 Å². The van der Waals surface area contributed by atoms with Crippen LogP contribution in [0.4, 0.5) is 0 Å². The van der Waals surface area contributed by atoms with Crippen molar-refractivity contribution in [3.63, 3.8) is 0 Å². The van der Waals surface area contributed by atoms with E-state index in [0.717, 1.165) is 22.3 Å². The molecule has 0 unspecified atom stereocenters. The van der Waals surface area contributed by atoms with Crippen LogP contribution in [-0.4, -0.2) is 16.6 Å². The lowest BCUT2D eigenvalue weighted by molar-refractivity contribution is 0.340. The Hall–Kier alpha value is -1.64. The molecule has 0 fully saturated rings. The van der Waals surface area contributed by atoms with Crippen LogP contribution in [0.2, 0.25) is 0 Å². The lowest BCUT2D eigenvalue weighted by Gasteiger charge is -2.05. The summed E-state index contributed by atoms with van der Waals surface area (Å²) < 4.78 is 5.41. The molecule has 14 heavy (non-hydrogen) atoms. The first-order valence-electron chi connectivity index (χ1n) is 4.65. The highest BCUT2D eigenvalue weighted by Gasteiger charge is 2.00. The summed E-state index contributed by atoms with van der Waals surface area (Å²) in [5, 5.41) is 1.05. The van der Waals surface area contributed by atoms with Crippen LogP contribution in [0, 0.1) is 6.92 Å². The largest absolute Gasteiger partial charge is 0.494 e. The van der Waals surface area contributed by atoms with Crippen molar-refractivity contribution in [3.05, 3.63) is 30.2 Å². The Morgan fingerprint density at radius 1 is 1.29 bits per heavy atom. The van der Waals surface area contributed by atoms with Gasteiger partial charge in [-0.3, -0.25) is 0 Å². The average molecular weight is 188 g/mol. The third-order valence-corrected chi connectivity index (χ3v) is 2.12. The maximum atomic E-state index is 5.41. The first kappa shape index (κ1) is 8.94. The van der Waals surface area contributed by atoms with Crippen LogP contribution in [0.1, 0.15) is 12.6 Å². The molecule has 0 N–H and O–H groups in total. The molecular weight excluding hydrogens is 176 g/mol. The highest BCUT2D eigenvalue weighted by atomic mass is 16.5. The Morgan fingerprint density at radius 3 is 2.93 bits per heavy atom. The van der Waals surface area contributed by atoms with Crippen LogP contribution >= 0.6 is 0 Å². The van der Waals surface area contributed by atoms with Crippen LogP contribution < -0.4 is 4.74 Å². The van der Waals surface area contributed by atoms with Gasteiger partial charge in [0.25, 0.3) is 0 Å². The highest BCUT2D eigenvalue weighted by Crippen LogP contribution is 2.20. The van der Waals surface area contributed by atoms with Crippen molar-refractivity contribution >= 4 is 10.9 Å². The minimum Gasteiger partial charge on any atom is -0.494 e. The molecule has 0 aliphatic rings. The molecule has 1 aromatic carbocycles. The molecular formula is C11H12N2O. The molecule has 3 nitrogen and oxygen atoms in total. The predicted molar refractivity (Wildman–Crippen MR) is 55.4 cm³/mol. The van der Waals surface area contributed by atoms with E-state index in [1.165, 1.54) is 0 Å². The number of fused-ring (bicyclic) bond motifs is 1. The van der Waals surface area contributed by atoms with Crippen molar-refractivity contribution in [2.24, 2.45) is 0 Å². The molecule has 0 saturated heterocycles. The topological polar surface area (TPSA) is 35.0 Å². The molecule has 0 aliphatic heterocycles. The van der Waals surface area contributed by atoms with Gasteiger partial charge in [-0.1, -0.05) is 0 Å². The fraction of sp³-hybridized carbons (Fsp3) is 0.273. The van der Waals surface area contributed by atoms with Gasteiger partial charge in [-0.25, -0.2) is 9.97 Å². The van der Waals surface area contributed by atoms with Gasteiger partial charge >= 0.3 is 0 Å². The summed E-state index contributed by atoms with van der Waals surface area (Å²) in [6.45, 7) is 4.62. The van der Waals surface area contributed by atoms with E-state index in [1.807, 2.05) is 32.0 Å². The molecule has 3 heteroatoms.